The highest BCUT2D eigenvalue weighted by Crippen LogP contribution is 2.23. The van der Waals surface area contributed by atoms with Crippen LogP contribution in [0.25, 0.3) is 11.1 Å². The zero-order chi connectivity index (χ0) is 20.8. The van der Waals surface area contributed by atoms with Crippen LogP contribution in [0, 0.1) is 6.92 Å². The van der Waals surface area contributed by atoms with E-state index in [-0.39, 0.29) is 12.0 Å². The minimum Gasteiger partial charge on any atom is -0.492 e. The SMILES string of the molecule is Cc1nc2ccc(OCC(CC(=O)OCc3ccccc3)N3CCCCC3)cc2o1. The van der Waals surface area contributed by atoms with E-state index in [1.165, 1.54) is 6.42 Å². The molecule has 0 N–H and O–H groups in total. The standard InChI is InChI=1S/C24H28N2O4/c1-18-25-22-11-10-21(15-23(22)30-18)28-17-20(26-12-6-3-7-13-26)14-24(27)29-16-19-8-4-2-5-9-19/h2,4-5,8-11,15,20H,3,6-7,12-14,16-17H2,1H3. The Labute approximate surface area is 176 Å². The highest BCUT2D eigenvalue weighted by Gasteiger charge is 2.25. The van der Waals surface area contributed by atoms with Gasteiger partial charge in [-0.25, -0.2) is 4.98 Å². The van der Waals surface area contributed by atoms with Crippen molar-refractivity contribution in [1.82, 2.24) is 9.88 Å². The summed E-state index contributed by atoms with van der Waals surface area (Å²) in [5, 5.41) is 0. The van der Waals surface area contributed by atoms with E-state index in [1.807, 2.05) is 55.5 Å². The van der Waals surface area contributed by atoms with Gasteiger partial charge in [-0.1, -0.05) is 36.8 Å². The third kappa shape index (κ3) is 5.39. The van der Waals surface area contributed by atoms with Crippen LogP contribution >= 0.6 is 0 Å². The highest BCUT2D eigenvalue weighted by molar-refractivity contribution is 5.74. The monoisotopic (exact) mass is 408 g/mol. The summed E-state index contributed by atoms with van der Waals surface area (Å²) in [6.07, 6.45) is 3.86. The van der Waals surface area contributed by atoms with Crippen molar-refractivity contribution in [2.45, 2.75) is 45.3 Å². The summed E-state index contributed by atoms with van der Waals surface area (Å²) in [6.45, 7) is 4.53. The van der Waals surface area contributed by atoms with E-state index in [0.29, 0.717) is 31.1 Å². The first kappa shape index (κ1) is 20.4. The van der Waals surface area contributed by atoms with Crippen LogP contribution in [-0.2, 0) is 16.1 Å². The molecular formula is C24H28N2O4. The molecule has 0 amide bonds. The fraction of sp³-hybridized carbons (Fsp3) is 0.417. The van der Waals surface area contributed by atoms with E-state index in [9.17, 15) is 4.79 Å². The Hall–Kier alpha value is -2.86. The first-order valence-corrected chi connectivity index (χ1v) is 10.6. The fourth-order valence-electron chi connectivity index (χ4n) is 3.87. The number of nitrogens with zero attached hydrogens (tertiary/aromatic N) is 2. The molecule has 1 atom stereocenters. The lowest BCUT2D eigenvalue weighted by Crippen LogP contribution is -2.44. The van der Waals surface area contributed by atoms with Gasteiger partial charge in [0.25, 0.3) is 0 Å². The van der Waals surface area contributed by atoms with Crippen LogP contribution in [-0.4, -0.2) is 41.6 Å². The molecule has 1 aromatic heterocycles. The van der Waals surface area contributed by atoms with Gasteiger partial charge in [-0.05, 0) is 43.6 Å². The number of fused-ring (bicyclic) bond motifs is 1. The molecule has 158 valence electrons. The maximum atomic E-state index is 12.5. The summed E-state index contributed by atoms with van der Waals surface area (Å²) >= 11 is 0. The van der Waals surface area contributed by atoms with Crippen molar-refractivity contribution in [1.29, 1.82) is 0 Å². The number of carbonyl (C=O) groups is 1. The number of rotatable bonds is 8. The molecular weight excluding hydrogens is 380 g/mol. The van der Waals surface area contributed by atoms with Crippen molar-refractivity contribution >= 4 is 17.1 Å². The van der Waals surface area contributed by atoms with Gasteiger partial charge in [0.05, 0.1) is 12.5 Å². The van der Waals surface area contributed by atoms with Crippen molar-refractivity contribution in [3.05, 3.63) is 60.0 Å². The van der Waals surface area contributed by atoms with Gasteiger partial charge in [0.1, 0.15) is 24.5 Å². The van der Waals surface area contributed by atoms with E-state index >= 15 is 0 Å². The van der Waals surface area contributed by atoms with E-state index in [4.69, 9.17) is 13.9 Å². The summed E-state index contributed by atoms with van der Waals surface area (Å²) in [4.78, 5) is 19.2. The van der Waals surface area contributed by atoms with E-state index in [1.54, 1.807) is 0 Å². The maximum absolute atomic E-state index is 12.5. The molecule has 1 aliphatic rings. The number of esters is 1. The second-order valence-electron chi connectivity index (χ2n) is 7.77. The number of carbonyl (C=O) groups excluding carboxylic acids is 1. The molecule has 6 heteroatoms. The minimum atomic E-state index is -0.195. The van der Waals surface area contributed by atoms with Gasteiger partial charge in [0, 0.05) is 13.0 Å². The van der Waals surface area contributed by atoms with Crippen molar-refractivity contribution in [2.24, 2.45) is 0 Å². The number of hydrogen-bond acceptors (Lipinski definition) is 6. The van der Waals surface area contributed by atoms with Gasteiger partial charge < -0.3 is 13.9 Å². The summed E-state index contributed by atoms with van der Waals surface area (Å²) < 4.78 is 17.2. The Bertz CT molecular complexity index is 964. The van der Waals surface area contributed by atoms with Crippen LogP contribution in [0.3, 0.4) is 0 Å². The van der Waals surface area contributed by atoms with Gasteiger partial charge in [0.2, 0.25) is 0 Å². The second kappa shape index (κ2) is 9.76. The number of ether oxygens (including phenoxy) is 2. The first-order chi connectivity index (χ1) is 14.7. The van der Waals surface area contributed by atoms with E-state index in [0.717, 1.165) is 42.8 Å². The normalized spacial score (nSPS) is 15.8. The third-order valence-electron chi connectivity index (χ3n) is 5.46. The summed E-state index contributed by atoms with van der Waals surface area (Å²) in [7, 11) is 0. The van der Waals surface area contributed by atoms with Crippen molar-refractivity contribution in [2.75, 3.05) is 19.7 Å². The number of benzene rings is 2. The predicted molar refractivity (Wildman–Crippen MR) is 114 cm³/mol. The molecule has 1 saturated heterocycles. The Balaban J connectivity index is 1.37. The zero-order valence-corrected chi connectivity index (χ0v) is 17.4. The lowest BCUT2D eigenvalue weighted by molar-refractivity contribution is -0.146. The number of piperidine rings is 1. The molecule has 0 aliphatic carbocycles. The number of hydrogen-bond donors (Lipinski definition) is 0. The molecule has 4 rings (SSSR count). The van der Waals surface area contributed by atoms with Crippen LogP contribution in [0.5, 0.6) is 5.75 Å². The lowest BCUT2D eigenvalue weighted by Gasteiger charge is -2.33. The molecule has 3 aromatic rings. The molecule has 0 radical (unpaired) electrons. The van der Waals surface area contributed by atoms with Gasteiger partial charge in [-0.15, -0.1) is 0 Å². The van der Waals surface area contributed by atoms with Crippen molar-refractivity contribution < 1.29 is 18.7 Å². The Morgan fingerprint density at radius 3 is 2.73 bits per heavy atom. The number of aryl methyl sites for hydroxylation is 1. The molecule has 2 aromatic carbocycles. The van der Waals surface area contributed by atoms with Crippen LogP contribution in [0.4, 0.5) is 0 Å². The van der Waals surface area contributed by atoms with Crippen LogP contribution < -0.4 is 4.74 Å². The van der Waals surface area contributed by atoms with Gasteiger partial charge in [-0.2, -0.15) is 0 Å². The van der Waals surface area contributed by atoms with Crippen molar-refractivity contribution in [3.63, 3.8) is 0 Å². The Morgan fingerprint density at radius 1 is 1.13 bits per heavy atom. The second-order valence-corrected chi connectivity index (χ2v) is 7.77. The molecule has 1 aliphatic heterocycles. The molecule has 1 unspecified atom stereocenters. The smallest absolute Gasteiger partial charge is 0.307 e. The zero-order valence-electron chi connectivity index (χ0n) is 17.4. The average molecular weight is 408 g/mol. The molecule has 1 fully saturated rings. The van der Waals surface area contributed by atoms with E-state index in [2.05, 4.69) is 9.88 Å². The summed E-state index contributed by atoms with van der Waals surface area (Å²) in [5.41, 5.74) is 2.52. The Morgan fingerprint density at radius 2 is 1.93 bits per heavy atom. The van der Waals surface area contributed by atoms with Gasteiger partial charge in [0.15, 0.2) is 11.5 Å². The van der Waals surface area contributed by atoms with Crippen LogP contribution in [0.2, 0.25) is 0 Å². The van der Waals surface area contributed by atoms with Crippen LogP contribution in [0.1, 0.15) is 37.1 Å². The Kier molecular flexibility index (Phi) is 6.64. The van der Waals surface area contributed by atoms with E-state index < -0.39 is 0 Å². The number of oxazole rings is 1. The largest absolute Gasteiger partial charge is 0.492 e. The number of likely N-dealkylation sites (tertiary alicyclic amines) is 1. The quantitative estimate of drug-likeness (QED) is 0.511. The van der Waals surface area contributed by atoms with Crippen LogP contribution in [0.15, 0.2) is 52.9 Å². The van der Waals surface area contributed by atoms with Gasteiger partial charge >= 0.3 is 5.97 Å². The molecule has 30 heavy (non-hydrogen) atoms. The first-order valence-electron chi connectivity index (χ1n) is 10.6. The molecule has 0 saturated carbocycles. The summed E-state index contributed by atoms with van der Waals surface area (Å²) in [5.74, 6) is 1.16. The van der Waals surface area contributed by atoms with Crippen molar-refractivity contribution in [3.8, 4) is 5.75 Å². The average Bonchev–Trinajstić information content (AvgIpc) is 3.15. The molecule has 0 spiro atoms. The molecule has 6 nitrogen and oxygen atoms in total. The fourth-order valence-corrected chi connectivity index (χ4v) is 3.87. The highest BCUT2D eigenvalue weighted by atomic mass is 16.5. The summed E-state index contributed by atoms with van der Waals surface area (Å²) in [6, 6.07) is 15.4. The topological polar surface area (TPSA) is 64.8 Å². The molecule has 2 heterocycles. The lowest BCUT2D eigenvalue weighted by atomic mass is 10.1. The predicted octanol–water partition coefficient (Wildman–Crippen LogP) is 4.50. The molecule has 0 bridgehead atoms. The van der Waals surface area contributed by atoms with Gasteiger partial charge in [-0.3, -0.25) is 9.69 Å². The number of aromatic nitrogens is 1. The maximum Gasteiger partial charge on any atom is 0.307 e. The minimum absolute atomic E-state index is 0.0132. The third-order valence-corrected chi connectivity index (χ3v) is 5.46.